The molecule has 0 unspecified atom stereocenters. The number of anilines is 1. The highest BCUT2D eigenvalue weighted by molar-refractivity contribution is 5.74. The Bertz CT molecular complexity index is 579. The quantitative estimate of drug-likeness (QED) is 0.645. The summed E-state index contributed by atoms with van der Waals surface area (Å²) in [4.78, 5) is 18.6. The van der Waals surface area contributed by atoms with Crippen LogP contribution in [0.4, 0.5) is 11.5 Å². The Morgan fingerprint density at radius 1 is 1.50 bits per heavy atom. The molecule has 0 aliphatic rings. The minimum absolute atomic E-state index is 0.136. The molecule has 0 saturated carbocycles. The molecule has 0 radical (unpaired) electrons. The van der Waals surface area contributed by atoms with E-state index >= 15 is 0 Å². The van der Waals surface area contributed by atoms with E-state index in [4.69, 9.17) is 0 Å². The topological polar surface area (TPSA) is 98.8 Å². The Morgan fingerprint density at radius 3 is 2.83 bits per heavy atom. The average molecular weight is 248 g/mol. The maximum Gasteiger partial charge on any atom is 0.338 e. The average Bonchev–Trinajstić information content (AvgIpc) is 2.75. The van der Waals surface area contributed by atoms with E-state index < -0.39 is 4.92 Å². The largest absolute Gasteiger partial charge is 0.364 e. The van der Waals surface area contributed by atoms with Gasteiger partial charge in [0.2, 0.25) is 5.82 Å². The van der Waals surface area contributed by atoms with Gasteiger partial charge in [0.15, 0.2) is 5.69 Å². The summed E-state index contributed by atoms with van der Waals surface area (Å²) in [5.41, 5.74) is 0.692. The molecule has 2 aromatic heterocycles. The first-order valence-electron chi connectivity index (χ1n) is 5.36. The molecule has 0 spiro atoms. The normalized spacial score (nSPS) is 10.3. The van der Waals surface area contributed by atoms with Gasteiger partial charge in [-0.2, -0.15) is 5.10 Å². The number of rotatable bonds is 4. The van der Waals surface area contributed by atoms with Gasteiger partial charge in [-0.3, -0.25) is 14.8 Å². The van der Waals surface area contributed by atoms with Crippen LogP contribution >= 0.6 is 0 Å². The van der Waals surface area contributed by atoms with Gasteiger partial charge in [0.05, 0.1) is 10.6 Å². The number of hydrogen-bond donors (Lipinski definition) is 1. The molecule has 0 fully saturated rings. The predicted molar refractivity (Wildman–Crippen MR) is 65.1 cm³/mol. The van der Waals surface area contributed by atoms with Crippen LogP contribution in [0.25, 0.3) is 11.4 Å². The van der Waals surface area contributed by atoms with Gasteiger partial charge >= 0.3 is 5.69 Å². The van der Waals surface area contributed by atoms with Crippen molar-refractivity contribution >= 4 is 11.5 Å². The highest BCUT2D eigenvalue weighted by Crippen LogP contribution is 2.31. The van der Waals surface area contributed by atoms with Crippen molar-refractivity contribution in [2.45, 2.75) is 6.92 Å². The summed E-state index contributed by atoms with van der Waals surface area (Å²) in [6.45, 7) is 2.39. The summed E-state index contributed by atoms with van der Waals surface area (Å²) >= 11 is 0. The third-order valence-electron chi connectivity index (χ3n) is 2.41. The molecule has 0 bridgehead atoms. The van der Waals surface area contributed by atoms with Gasteiger partial charge in [-0.05, 0) is 13.0 Å². The number of aromatic nitrogens is 4. The van der Waals surface area contributed by atoms with Crippen molar-refractivity contribution in [2.24, 2.45) is 7.05 Å². The van der Waals surface area contributed by atoms with E-state index in [1.165, 1.54) is 11.0 Å². The molecule has 8 nitrogen and oxygen atoms in total. The molecule has 0 atom stereocenters. The fraction of sp³-hybridized carbons (Fsp3) is 0.300. The molecule has 0 aromatic carbocycles. The van der Waals surface area contributed by atoms with Crippen LogP contribution in [-0.2, 0) is 7.05 Å². The van der Waals surface area contributed by atoms with Gasteiger partial charge in [-0.25, -0.2) is 9.97 Å². The zero-order valence-corrected chi connectivity index (χ0v) is 9.99. The molecule has 8 heteroatoms. The summed E-state index contributed by atoms with van der Waals surface area (Å²) in [6, 6.07) is 1.67. The minimum atomic E-state index is -0.486. The molecule has 1 N–H and O–H groups in total. The Morgan fingerprint density at radius 2 is 2.28 bits per heavy atom. The van der Waals surface area contributed by atoms with Gasteiger partial charge in [0.1, 0.15) is 6.33 Å². The van der Waals surface area contributed by atoms with Gasteiger partial charge in [-0.1, -0.05) is 0 Å². The molecule has 2 aromatic rings. The van der Waals surface area contributed by atoms with Crippen molar-refractivity contribution in [1.29, 1.82) is 0 Å². The standard InChI is InChI=1S/C10H12N6O2/c1-3-11-10-9(16(17)18)8(12-6-13-10)7-4-5-14-15(7)2/h4-6H,3H2,1-2H3,(H,11,12,13). The second-order valence-electron chi connectivity index (χ2n) is 3.55. The molecule has 18 heavy (non-hydrogen) atoms. The zero-order chi connectivity index (χ0) is 13.1. The van der Waals surface area contributed by atoms with E-state index in [9.17, 15) is 10.1 Å². The Hall–Kier alpha value is -2.51. The number of nitro groups is 1. The summed E-state index contributed by atoms with van der Waals surface area (Å²) in [5, 5.41) is 18.0. The second-order valence-corrected chi connectivity index (χ2v) is 3.55. The summed E-state index contributed by atoms with van der Waals surface area (Å²) < 4.78 is 1.53. The van der Waals surface area contributed by atoms with Gasteiger partial charge in [0.25, 0.3) is 0 Å². The van der Waals surface area contributed by atoms with Crippen LogP contribution in [0.3, 0.4) is 0 Å². The van der Waals surface area contributed by atoms with Crippen LogP contribution in [0.5, 0.6) is 0 Å². The van der Waals surface area contributed by atoms with Crippen LogP contribution in [-0.4, -0.2) is 31.2 Å². The number of aryl methyl sites for hydroxylation is 1. The van der Waals surface area contributed by atoms with Gasteiger partial charge in [-0.15, -0.1) is 0 Å². The smallest absolute Gasteiger partial charge is 0.338 e. The highest BCUT2D eigenvalue weighted by atomic mass is 16.6. The van der Waals surface area contributed by atoms with Crippen LogP contribution in [0.2, 0.25) is 0 Å². The Kier molecular flexibility index (Phi) is 3.18. The van der Waals surface area contributed by atoms with E-state index in [0.29, 0.717) is 12.2 Å². The van der Waals surface area contributed by atoms with Crippen molar-refractivity contribution in [3.63, 3.8) is 0 Å². The van der Waals surface area contributed by atoms with Crippen LogP contribution < -0.4 is 5.32 Å². The zero-order valence-electron chi connectivity index (χ0n) is 9.99. The van der Waals surface area contributed by atoms with Crippen molar-refractivity contribution in [3.8, 4) is 11.4 Å². The molecule has 0 aliphatic heterocycles. The van der Waals surface area contributed by atoms with E-state index in [-0.39, 0.29) is 17.2 Å². The molecule has 94 valence electrons. The lowest BCUT2D eigenvalue weighted by Gasteiger charge is -2.06. The molecule has 2 rings (SSSR count). The van der Waals surface area contributed by atoms with Crippen LogP contribution in [0.1, 0.15) is 6.92 Å². The molecule has 0 amide bonds. The van der Waals surface area contributed by atoms with E-state index in [0.717, 1.165) is 0 Å². The fourth-order valence-electron chi connectivity index (χ4n) is 1.64. The first-order chi connectivity index (χ1) is 8.65. The second kappa shape index (κ2) is 4.78. The number of nitrogens with one attached hydrogen (secondary N) is 1. The number of hydrogen-bond acceptors (Lipinski definition) is 6. The van der Waals surface area contributed by atoms with Crippen LogP contribution in [0.15, 0.2) is 18.6 Å². The number of nitrogens with zero attached hydrogens (tertiary/aromatic N) is 5. The van der Waals surface area contributed by atoms with Crippen molar-refractivity contribution < 1.29 is 4.92 Å². The van der Waals surface area contributed by atoms with E-state index in [1.807, 2.05) is 6.92 Å². The highest BCUT2D eigenvalue weighted by Gasteiger charge is 2.25. The Labute approximate surface area is 103 Å². The monoisotopic (exact) mass is 248 g/mol. The van der Waals surface area contributed by atoms with Crippen LogP contribution in [0, 0.1) is 10.1 Å². The lowest BCUT2D eigenvalue weighted by molar-refractivity contribution is -0.383. The summed E-state index contributed by atoms with van der Waals surface area (Å²) in [6.07, 6.45) is 2.86. The lowest BCUT2D eigenvalue weighted by atomic mass is 10.2. The maximum atomic E-state index is 11.2. The minimum Gasteiger partial charge on any atom is -0.364 e. The molecule has 0 saturated heterocycles. The van der Waals surface area contributed by atoms with Gasteiger partial charge < -0.3 is 5.32 Å². The molecule has 0 aliphatic carbocycles. The van der Waals surface area contributed by atoms with E-state index in [2.05, 4.69) is 20.4 Å². The Balaban J connectivity index is 2.64. The van der Waals surface area contributed by atoms with Crippen molar-refractivity contribution in [3.05, 3.63) is 28.7 Å². The van der Waals surface area contributed by atoms with E-state index in [1.54, 1.807) is 19.3 Å². The van der Waals surface area contributed by atoms with Crippen molar-refractivity contribution in [1.82, 2.24) is 19.7 Å². The summed E-state index contributed by atoms with van der Waals surface area (Å²) in [5.74, 6) is 0.216. The molecule has 2 heterocycles. The summed E-state index contributed by atoms with van der Waals surface area (Å²) in [7, 11) is 1.70. The first kappa shape index (κ1) is 12.0. The maximum absolute atomic E-state index is 11.2. The molecular formula is C10H12N6O2. The lowest BCUT2D eigenvalue weighted by Crippen LogP contribution is -2.07. The molecular weight excluding hydrogens is 236 g/mol. The third kappa shape index (κ3) is 1.99. The van der Waals surface area contributed by atoms with Crippen molar-refractivity contribution in [2.75, 3.05) is 11.9 Å². The van der Waals surface area contributed by atoms with Gasteiger partial charge in [0, 0.05) is 19.8 Å². The SMILES string of the molecule is CCNc1ncnc(-c2ccnn2C)c1[N+](=O)[O-]. The first-order valence-corrected chi connectivity index (χ1v) is 5.36. The predicted octanol–water partition coefficient (Wildman–Crippen LogP) is 1.22. The third-order valence-corrected chi connectivity index (χ3v) is 2.41. The fourth-order valence-corrected chi connectivity index (χ4v) is 1.64.